The third-order valence-corrected chi connectivity index (χ3v) is 2.76. The van der Waals surface area contributed by atoms with Crippen LogP contribution in [0.2, 0.25) is 0 Å². The summed E-state index contributed by atoms with van der Waals surface area (Å²) in [6.07, 6.45) is 1.07. The molecule has 0 aliphatic rings. The van der Waals surface area contributed by atoms with E-state index in [2.05, 4.69) is 30.7 Å². The zero-order valence-electron chi connectivity index (χ0n) is 10.4. The molecule has 1 rings (SSSR count). The minimum atomic E-state index is 0.428. The van der Waals surface area contributed by atoms with Crippen LogP contribution >= 0.6 is 0 Å². The Hall–Kier alpha value is -1.51. The molecule has 0 bridgehead atoms. The van der Waals surface area contributed by atoms with E-state index in [1.165, 1.54) is 0 Å². The Morgan fingerprint density at radius 3 is 2.44 bits per heavy atom. The number of guanidine groups is 1. The second-order valence-corrected chi connectivity index (χ2v) is 3.85. The lowest BCUT2D eigenvalue weighted by Gasteiger charge is -2.28. The van der Waals surface area contributed by atoms with Gasteiger partial charge in [-0.05, 0) is 32.4 Å². The lowest BCUT2D eigenvalue weighted by atomic mass is 10.2. The van der Waals surface area contributed by atoms with Gasteiger partial charge in [0.15, 0.2) is 5.96 Å². The zero-order valence-corrected chi connectivity index (χ0v) is 10.4. The molecule has 0 heterocycles. The van der Waals surface area contributed by atoms with Crippen LogP contribution in [0.15, 0.2) is 35.3 Å². The summed E-state index contributed by atoms with van der Waals surface area (Å²) in [6.45, 7) is 7.30. The summed E-state index contributed by atoms with van der Waals surface area (Å²) in [5.41, 5.74) is 6.92. The van der Waals surface area contributed by atoms with Crippen molar-refractivity contribution in [3.63, 3.8) is 0 Å². The molecule has 16 heavy (non-hydrogen) atoms. The maximum absolute atomic E-state index is 6.01. The molecule has 0 fully saturated rings. The van der Waals surface area contributed by atoms with Crippen LogP contribution in [0.25, 0.3) is 0 Å². The minimum Gasteiger partial charge on any atom is -0.369 e. The van der Waals surface area contributed by atoms with Gasteiger partial charge in [0.2, 0.25) is 0 Å². The zero-order chi connectivity index (χ0) is 12.0. The van der Waals surface area contributed by atoms with Crippen molar-refractivity contribution in [1.82, 2.24) is 4.90 Å². The van der Waals surface area contributed by atoms with Gasteiger partial charge >= 0.3 is 0 Å². The molecule has 0 aliphatic carbocycles. The predicted molar refractivity (Wildman–Crippen MR) is 69.9 cm³/mol. The van der Waals surface area contributed by atoms with E-state index in [0.717, 1.165) is 18.7 Å². The summed E-state index contributed by atoms with van der Waals surface area (Å²) in [5, 5.41) is 0. The quantitative estimate of drug-likeness (QED) is 0.625. The van der Waals surface area contributed by atoms with Gasteiger partial charge in [-0.2, -0.15) is 0 Å². The van der Waals surface area contributed by atoms with Crippen molar-refractivity contribution in [1.29, 1.82) is 0 Å². The molecule has 0 saturated carbocycles. The van der Waals surface area contributed by atoms with E-state index in [1.54, 1.807) is 0 Å². The van der Waals surface area contributed by atoms with Crippen molar-refractivity contribution in [2.45, 2.75) is 33.2 Å². The Morgan fingerprint density at radius 1 is 1.31 bits per heavy atom. The second-order valence-electron chi connectivity index (χ2n) is 3.85. The number of aliphatic imine (C=N–C) groups is 1. The first-order valence-corrected chi connectivity index (χ1v) is 5.84. The first kappa shape index (κ1) is 12.6. The molecule has 88 valence electrons. The van der Waals surface area contributed by atoms with Gasteiger partial charge in [-0.25, -0.2) is 4.99 Å². The molecule has 3 heteroatoms. The number of nitrogens with zero attached hydrogens (tertiary/aromatic N) is 2. The standard InChI is InChI=1S/C13H21N3/c1-4-11(3)16(5-2)13(14)15-12-9-7-6-8-10-12/h6-11H,4-5H2,1-3H3,(H2,14,15). The van der Waals surface area contributed by atoms with Crippen molar-refractivity contribution < 1.29 is 0 Å². The van der Waals surface area contributed by atoms with Gasteiger partial charge < -0.3 is 10.6 Å². The summed E-state index contributed by atoms with van der Waals surface area (Å²) >= 11 is 0. The smallest absolute Gasteiger partial charge is 0.196 e. The van der Waals surface area contributed by atoms with Gasteiger partial charge in [-0.15, -0.1) is 0 Å². The van der Waals surface area contributed by atoms with Crippen LogP contribution < -0.4 is 5.73 Å². The molecule has 3 nitrogen and oxygen atoms in total. The van der Waals surface area contributed by atoms with Crippen LogP contribution in [0.1, 0.15) is 27.2 Å². The predicted octanol–water partition coefficient (Wildman–Crippen LogP) is 2.75. The number of hydrogen-bond acceptors (Lipinski definition) is 1. The lowest BCUT2D eigenvalue weighted by Crippen LogP contribution is -2.42. The molecule has 0 saturated heterocycles. The Morgan fingerprint density at radius 2 is 1.94 bits per heavy atom. The Labute approximate surface area is 98.0 Å². The van der Waals surface area contributed by atoms with Gasteiger partial charge in [0.1, 0.15) is 0 Å². The van der Waals surface area contributed by atoms with E-state index in [0.29, 0.717) is 12.0 Å². The third-order valence-electron chi connectivity index (χ3n) is 2.76. The van der Waals surface area contributed by atoms with E-state index in [9.17, 15) is 0 Å². The molecule has 1 aromatic rings. The number of hydrogen-bond donors (Lipinski definition) is 1. The fourth-order valence-corrected chi connectivity index (χ4v) is 1.62. The lowest BCUT2D eigenvalue weighted by molar-refractivity contribution is 0.333. The van der Waals surface area contributed by atoms with Gasteiger partial charge in [0, 0.05) is 12.6 Å². The molecule has 1 aromatic carbocycles. The third kappa shape index (κ3) is 3.26. The molecular weight excluding hydrogens is 198 g/mol. The monoisotopic (exact) mass is 219 g/mol. The highest BCUT2D eigenvalue weighted by Gasteiger charge is 2.11. The Balaban J connectivity index is 2.82. The van der Waals surface area contributed by atoms with Crippen LogP contribution in [-0.2, 0) is 0 Å². The SMILES string of the molecule is CCC(C)N(CC)C(N)=Nc1ccccc1. The van der Waals surface area contributed by atoms with Crippen LogP contribution in [0.4, 0.5) is 5.69 Å². The maximum atomic E-state index is 6.01. The highest BCUT2D eigenvalue weighted by molar-refractivity contribution is 5.81. The molecular formula is C13H21N3. The van der Waals surface area contributed by atoms with E-state index in [4.69, 9.17) is 5.73 Å². The van der Waals surface area contributed by atoms with Gasteiger partial charge in [-0.3, -0.25) is 0 Å². The van der Waals surface area contributed by atoms with Crippen molar-refractivity contribution in [3.05, 3.63) is 30.3 Å². The number of para-hydroxylation sites is 1. The Kier molecular flexibility index (Phi) is 4.83. The Bertz CT molecular complexity index is 332. The molecule has 0 amide bonds. The molecule has 1 atom stereocenters. The summed E-state index contributed by atoms with van der Waals surface area (Å²) in [5.74, 6) is 0.600. The van der Waals surface area contributed by atoms with E-state index < -0.39 is 0 Å². The van der Waals surface area contributed by atoms with E-state index in [1.807, 2.05) is 30.3 Å². The molecule has 2 N–H and O–H groups in total. The molecule has 0 aliphatic heterocycles. The fraction of sp³-hybridized carbons (Fsp3) is 0.462. The average molecular weight is 219 g/mol. The van der Waals surface area contributed by atoms with Crippen LogP contribution in [0.5, 0.6) is 0 Å². The van der Waals surface area contributed by atoms with Gasteiger partial charge in [-0.1, -0.05) is 25.1 Å². The molecule has 0 spiro atoms. The van der Waals surface area contributed by atoms with Gasteiger partial charge in [0.05, 0.1) is 5.69 Å². The number of benzene rings is 1. The second kappa shape index (κ2) is 6.16. The highest BCUT2D eigenvalue weighted by atomic mass is 15.3. The molecule has 1 unspecified atom stereocenters. The average Bonchev–Trinajstić information content (AvgIpc) is 2.31. The van der Waals surface area contributed by atoms with E-state index in [-0.39, 0.29) is 0 Å². The minimum absolute atomic E-state index is 0.428. The van der Waals surface area contributed by atoms with Crippen molar-refractivity contribution >= 4 is 11.6 Å². The fourth-order valence-electron chi connectivity index (χ4n) is 1.62. The van der Waals surface area contributed by atoms with Gasteiger partial charge in [0.25, 0.3) is 0 Å². The first-order chi connectivity index (χ1) is 7.69. The maximum Gasteiger partial charge on any atom is 0.196 e. The normalized spacial score (nSPS) is 13.6. The largest absolute Gasteiger partial charge is 0.369 e. The summed E-state index contributed by atoms with van der Waals surface area (Å²) in [4.78, 5) is 6.54. The molecule has 0 radical (unpaired) electrons. The van der Waals surface area contributed by atoms with Crippen LogP contribution in [0.3, 0.4) is 0 Å². The summed E-state index contributed by atoms with van der Waals surface area (Å²) in [7, 11) is 0. The van der Waals surface area contributed by atoms with E-state index >= 15 is 0 Å². The summed E-state index contributed by atoms with van der Waals surface area (Å²) in [6, 6.07) is 10.2. The van der Waals surface area contributed by atoms with Crippen molar-refractivity contribution in [2.24, 2.45) is 10.7 Å². The van der Waals surface area contributed by atoms with Crippen molar-refractivity contribution in [3.8, 4) is 0 Å². The van der Waals surface area contributed by atoms with Crippen molar-refractivity contribution in [2.75, 3.05) is 6.54 Å². The van der Waals surface area contributed by atoms with Crippen LogP contribution in [0, 0.1) is 0 Å². The first-order valence-electron chi connectivity index (χ1n) is 5.84. The number of rotatable bonds is 4. The molecule has 0 aromatic heterocycles. The summed E-state index contributed by atoms with van der Waals surface area (Å²) < 4.78 is 0. The highest BCUT2D eigenvalue weighted by Crippen LogP contribution is 2.11. The number of nitrogens with two attached hydrogens (primary N) is 1. The van der Waals surface area contributed by atoms with Crippen LogP contribution in [-0.4, -0.2) is 23.4 Å². The topological polar surface area (TPSA) is 41.6 Å².